The van der Waals surface area contributed by atoms with Crippen molar-refractivity contribution in [3.8, 4) is 11.5 Å². The number of nitrogens with zero attached hydrogens (tertiary/aromatic N) is 4. The normalized spacial score (nSPS) is 11.2. The van der Waals surface area contributed by atoms with Crippen LogP contribution in [0.5, 0.6) is 11.5 Å². The Morgan fingerprint density at radius 1 is 1.24 bits per heavy atom. The summed E-state index contributed by atoms with van der Waals surface area (Å²) in [7, 11) is 0. The average molecular weight is 394 g/mol. The minimum absolute atomic E-state index is 0.124. The van der Waals surface area contributed by atoms with Gasteiger partial charge in [0.05, 0.1) is 30.0 Å². The topological polar surface area (TPSA) is 115 Å². The summed E-state index contributed by atoms with van der Waals surface area (Å²) >= 11 is 0. The summed E-state index contributed by atoms with van der Waals surface area (Å²) in [4.78, 5) is 29.2. The van der Waals surface area contributed by atoms with Crippen LogP contribution in [-0.4, -0.2) is 26.7 Å². The maximum atomic E-state index is 13.3. The van der Waals surface area contributed by atoms with Crippen molar-refractivity contribution in [1.29, 1.82) is 0 Å². The van der Waals surface area contributed by atoms with Gasteiger partial charge in [-0.15, -0.1) is 0 Å². The Bertz CT molecular complexity index is 1070. The minimum atomic E-state index is -0.546. The van der Waals surface area contributed by atoms with E-state index in [0.29, 0.717) is 5.82 Å². The van der Waals surface area contributed by atoms with E-state index in [0.717, 1.165) is 18.3 Å². The van der Waals surface area contributed by atoms with E-state index in [2.05, 4.69) is 25.3 Å². The number of aromatic nitrogens is 3. The van der Waals surface area contributed by atoms with Gasteiger partial charge in [0.1, 0.15) is 23.1 Å². The Labute approximate surface area is 166 Å². The van der Waals surface area contributed by atoms with Crippen LogP contribution in [0, 0.1) is 5.82 Å². The maximum Gasteiger partial charge on any atom is 0.260 e. The fraction of sp³-hybridized carbons (Fsp3) is 0.150. The van der Waals surface area contributed by atoms with Gasteiger partial charge in [0.2, 0.25) is 0 Å². The third-order valence-corrected chi connectivity index (χ3v) is 3.69. The zero-order valence-corrected chi connectivity index (χ0v) is 15.9. The Morgan fingerprint density at radius 3 is 2.76 bits per heavy atom. The van der Waals surface area contributed by atoms with Crippen LogP contribution >= 0.6 is 0 Å². The summed E-state index contributed by atoms with van der Waals surface area (Å²) in [6.07, 6.45) is 4.50. The molecule has 0 unspecified atom stereocenters. The van der Waals surface area contributed by atoms with Gasteiger partial charge in [0.25, 0.3) is 5.91 Å². The molecule has 0 saturated carbocycles. The van der Waals surface area contributed by atoms with Crippen molar-refractivity contribution < 1.29 is 13.9 Å². The lowest BCUT2D eigenvalue weighted by atomic mass is 10.2. The molecule has 0 fully saturated rings. The summed E-state index contributed by atoms with van der Waals surface area (Å²) < 4.78 is 18.9. The van der Waals surface area contributed by atoms with E-state index in [9.17, 15) is 9.18 Å². The molecule has 3 aromatic heterocycles. The maximum absolute atomic E-state index is 13.3. The number of carbonyl (C=O) groups is 1. The zero-order chi connectivity index (χ0) is 20.8. The van der Waals surface area contributed by atoms with Crippen molar-refractivity contribution in [2.24, 2.45) is 10.7 Å². The molecule has 0 bridgehead atoms. The third kappa shape index (κ3) is 5.32. The number of amidine groups is 1. The van der Waals surface area contributed by atoms with E-state index in [1.807, 2.05) is 13.0 Å². The van der Waals surface area contributed by atoms with Crippen LogP contribution in [0.15, 0.2) is 53.9 Å². The summed E-state index contributed by atoms with van der Waals surface area (Å²) in [5.74, 6) is 0.110. The fourth-order valence-corrected chi connectivity index (χ4v) is 2.43. The van der Waals surface area contributed by atoms with Gasteiger partial charge in [0, 0.05) is 11.8 Å². The summed E-state index contributed by atoms with van der Waals surface area (Å²) in [5.41, 5.74) is 6.61. The van der Waals surface area contributed by atoms with Crippen molar-refractivity contribution in [3.63, 3.8) is 0 Å². The number of carbonyl (C=O) groups excluding carboxylic acids is 1. The molecule has 0 atom stereocenters. The first-order valence-corrected chi connectivity index (χ1v) is 8.81. The Balaban J connectivity index is 1.92. The van der Waals surface area contributed by atoms with Gasteiger partial charge in [-0.25, -0.2) is 19.4 Å². The van der Waals surface area contributed by atoms with Gasteiger partial charge in [-0.3, -0.25) is 9.78 Å². The lowest BCUT2D eigenvalue weighted by Crippen LogP contribution is -2.15. The number of nitrogens with two attached hydrogens (primary N) is 1. The van der Waals surface area contributed by atoms with Crippen LogP contribution in [0.25, 0.3) is 0 Å². The molecular weight excluding hydrogens is 375 g/mol. The van der Waals surface area contributed by atoms with Gasteiger partial charge in [-0.1, -0.05) is 13.0 Å². The molecule has 0 spiro atoms. The summed E-state index contributed by atoms with van der Waals surface area (Å²) in [6.45, 7) is 3.55. The first-order chi connectivity index (χ1) is 13.9. The number of pyridine rings is 3. The summed E-state index contributed by atoms with van der Waals surface area (Å²) in [5, 5.41) is 2.72. The van der Waals surface area contributed by atoms with Crippen molar-refractivity contribution in [2.45, 2.75) is 20.3 Å². The second-order valence-corrected chi connectivity index (χ2v) is 6.06. The van der Waals surface area contributed by atoms with Crippen LogP contribution in [0.1, 0.15) is 29.9 Å². The van der Waals surface area contributed by atoms with E-state index in [1.54, 1.807) is 19.1 Å². The van der Waals surface area contributed by atoms with Crippen LogP contribution in [0.2, 0.25) is 0 Å². The second-order valence-electron chi connectivity index (χ2n) is 6.06. The quantitative estimate of drug-likeness (QED) is 0.487. The lowest BCUT2D eigenvalue weighted by molar-refractivity contribution is 0.102. The molecule has 8 nitrogen and oxygen atoms in total. The Hall–Kier alpha value is -3.88. The van der Waals surface area contributed by atoms with Crippen LogP contribution < -0.4 is 15.8 Å². The number of ether oxygens (including phenoxy) is 1. The van der Waals surface area contributed by atoms with Crippen molar-refractivity contribution in [3.05, 3.63) is 66.0 Å². The fourth-order valence-electron chi connectivity index (χ4n) is 2.43. The Kier molecular flexibility index (Phi) is 6.08. The van der Waals surface area contributed by atoms with Crippen molar-refractivity contribution in [2.75, 3.05) is 5.32 Å². The number of aliphatic imine (C=N–C) groups is 1. The molecule has 9 heteroatoms. The molecule has 0 aromatic carbocycles. The number of hydrogen-bond donors (Lipinski definition) is 2. The molecule has 0 saturated heterocycles. The molecular formula is C20H19FN6O2. The Morgan fingerprint density at radius 2 is 2.03 bits per heavy atom. The molecule has 0 aliphatic heterocycles. The number of hydrogen-bond acceptors (Lipinski definition) is 6. The first-order valence-electron chi connectivity index (χ1n) is 8.81. The second kappa shape index (κ2) is 8.87. The minimum Gasteiger partial charge on any atom is -0.454 e. The lowest BCUT2D eigenvalue weighted by Gasteiger charge is -2.10. The number of amides is 1. The van der Waals surface area contributed by atoms with Crippen LogP contribution in [0.4, 0.5) is 16.0 Å². The first kappa shape index (κ1) is 19.9. The van der Waals surface area contributed by atoms with Gasteiger partial charge in [0.15, 0.2) is 5.82 Å². The molecule has 29 heavy (non-hydrogen) atoms. The monoisotopic (exact) mass is 394 g/mol. The number of rotatable bonds is 6. The number of nitrogens with one attached hydrogen (secondary N) is 1. The van der Waals surface area contributed by atoms with Gasteiger partial charge >= 0.3 is 0 Å². The highest BCUT2D eigenvalue weighted by molar-refractivity contribution is 6.07. The smallest absolute Gasteiger partial charge is 0.260 e. The SMILES string of the molecule is CCc1cccc(NC(=O)c2cc(Oc3cncc(F)c3)cnc2/N=C(/C)N)n1. The van der Waals surface area contributed by atoms with Gasteiger partial charge < -0.3 is 15.8 Å². The van der Waals surface area contributed by atoms with Crippen LogP contribution in [0.3, 0.4) is 0 Å². The zero-order valence-electron chi connectivity index (χ0n) is 15.9. The molecule has 3 aromatic rings. The molecule has 3 heterocycles. The van der Waals surface area contributed by atoms with Gasteiger partial charge in [-0.2, -0.15) is 0 Å². The van der Waals surface area contributed by atoms with Crippen LogP contribution in [-0.2, 0) is 6.42 Å². The van der Waals surface area contributed by atoms with Crippen molar-refractivity contribution >= 4 is 23.4 Å². The molecule has 148 valence electrons. The number of anilines is 1. The number of aryl methyl sites for hydroxylation is 1. The average Bonchev–Trinajstić information content (AvgIpc) is 2.69. The predicted octanol–water partition coefficient (Wildman–Crippen LogP) is 3.63. The summed E-state index contributed by atoms with van der Waals surface area (Å²) in [6, 6.07) is 7.97. The molecule has 1 amide bonds. The van der Waals surface area contributed by atoms with E-state index in [-0.39, 0.29) is 28.7 Å². The molecule has 3 rings (SSSR count). The molecule has 0 aliphatic carbocycles. The largest absolute Gasteiger partial charge is 0.454 e. The highest BCUT2D eigenvalue weighted by atomic mass is 19.1. The standard InChI is InChI=1S/C20H19FN6O2/c1-3-14-5-4-6-18(26-14)27-20(28)17-8-16(11-24-19(17)25-12(2)22)29-15-7-13(21)9-23-10-15/h4-11H,3H2,1-2H3,(H2,22,24,25)(H,26,27,28). The highest BCUT2D eigenvalue weighted by Crippen LogP contribution is 2.26. The highest BCUT2D eigenvalue weighted by Gasteiger charge is 2.16. The molecule has 0 aliphatic rings. The van der Waals surface area contributed by atoms with Crippen molar-refractivity contribution in [1.82, 2.24) is 15.0 Å². The predicted molar refractivity (Wildman–Crippen MR) is 107 cm³/mol. The van der Waals surface area contributed by atoms with E-state index in [4.69, 9.17) is 10.5 Å². The molecule has 3 N–H and O–H groups in total. The van der Waals surface area contributed by atoms with E-state index < -0.39 is 11.7 Å². The van der Waals surface area contributed by atoms with Gasteiger partial charge in [-0.05, 0) is 31.5 Å². The van der Waals surface area contributed by atoms with E-state index in [1.165, 1.54) is 24.5 Å². The van der Waals surface area contributed by atoms with E-state index >= 15 is 0 Å². The molecule has 0 radical (unpaired) electrons. The third-order valence-electron chi connectivity index (χ3n) is 3.69. The number of halogens is 1.